The van der Waals surface area contributed by atoms with E-state index >= 15 is 0 Å². The molecule has 1 saturated carbocycles. The maximum atomic E-state index is 13.2. The van der Waals surface area contributed by atoms with Crippen molar-refractivity contribution in [3.63, 3.8) is 0 Å². The molecule has 0 amide bonds. The molecule has 0 spiro atoms. The molecular weight excluding hydrogens is 225 g/mol. The van der Waals surface area contributed by atoms with Gasteiger partial charge < -0.3 is 5.32 Å². The third-order valence-electron chi connectivity index (χ3n) is 4.27. The molecule has 0 atom stereocenters. The van der Waals surface area contributed by atoms with Gasteiger partial charge in [0.1, 0.15) is 5.82 Å². The average Bonchev–Trinajstić information content (AvgIpc) is 2.34. The van der Waals surface area contributed by atoms with Crippen molar-refractivity contribution < 1.29 is 4.39 Å². The Balaban J connectivity index is 1.93. The molecular formula is C16H24FN. The van der Waals surface area contributed by atoms with Crippen LogP contribution < -0.4 is 5.32 Å². The van der Waals surface area contributed by atoms with Gasteiger partial charge >= 0.3 is 0 Å². The number of hydrogen-bond donors (Lipinski definition) is 1. The van der Waals surface area contributed by atoms with Gasteiger partial charge in [-0.1, -0.05) is 19.9 Å². The number of benzene rings is 1. The summed E-state index contributed by atoms with van der Waals surface area (Å²) < 4.78 is 13.2. The van der Waals surface area contributed by atoms with Crippen LogP contribution in [-0.2, 0) is 0 Å². The fourth-order valence-electron chi connectivity index (χ4n) is 2.90. The lowest BCUT2D eigenvalue weighted by Crippen LogP contribution is -2.28. The summed E-state index contributed by atoms with van der Waals surface area (Å²) in [7, 11) is 0. The highest BCUT2D eigenvalue weighted by molar-refractivity contribution is 5.51. The Kier molecular flexibility index (Phi) is 4.26. The Morgan fingerprint density at radius 2 is 1.83 bits per heavy atom. The third kappa shape index (κ3) is 3.24. The molecule has 0 saturated heterocycles. The molecule has 1 nitrogen and oxygen atoms in total. The lowest BCUT2D eigenvalue weighted by atomic mass is 9.79. The lowest BCUT2D eigenvalue weighted by molar-refractivity contribution is 0.267. The van der Waals surface area contributed by atoms with Crippen LogP contribution in [0.15, 0.2) is 18.2 Å². The first-order chi connectivity index (χ1) is 8.56. The summed E-state index contributed by atoms with van der Waals surface area (Å²) in [6.45, 7) is 6.66. The smallest absolute Gasteiger partial charge is 0.125 e. The van der Waals surface area contributed by atoms with Crippen molar-refractivity contribution in [2.75, 3.05) is 5.32 Å². The molecule has 0 unspecified atom stereocenters. The predicted octanol–water partition coefficient (Wildman–Crippen LogP) is 4.76. The van der Waals surface area contributed by atoms with Crippen molar-refractivity contribution in [1.29, 1.82) is 0 Å². The first-order valence-corrected chi connectivity index (χ1v) is 7.09. The second-order valence-electron chi connectivity index (χ2n) is 5.96. The van der Waals surface area contributed by atoms with Crippen molar-refractivity contribution in [3.05, 3.63) is 29.6 Å². The Labute approximate surface area is 110 Å². The number of nitrogens with one attached hydrogen (secondary N) is 1. The summed E-state index contributed by atoms with van der Waals surface area (Å²) in [4.78, 5) is 0. The minimum Gasteiger partial charge on any atom is -0.382 e. The van der Waals surface area contributed by atoms with E-state index in [0.717, 1.165) is 23.1 Å². The Morgan fingerprint density at radius 1 is 1.17 bits per heavy atom. The Hall–Kier alpha value is -1.05. The molecule has 0 radical (unpaired) electrons. The summed E-state index contributed by atoms with van der Waals surface area (Å²) in [5.41, 5.74) is 2.09. The lowest BCUT2D eigenvalue weighted by Gasteiger charge is -2.32. The zero-order valence-electron chi connectivity index (χ0n) is 11.7. The highest BCUT2D eigenvalue weighted by Crippen LogP contribution is 2.31. The number of rotatable bonds is 3. The van der Waals surface area contributed by atoms with Crippen LogP contribution in [0.25, 0.3) is 0 Å². The topological polar surface area (TPSA) is 12.0 Å². The molecule has 1 fully saturated rings. The number of hydrogen-bond acceptors (Lipinski definition) is 1. The summed E-state index contributed by atoms with van der Waals surface area (Å²) in [6, 6.07) is 5.50. The molecule has 0 aliphatic heterocycles. The third-order valence-corrected chi connectivity index (χ3v) is 4.27. The summed E-state index contributed by atoms with van der Waals surface area (Å²) in [5, 5.41) is 3.51. The second kappa shape index (κ2) is 5.73. The second-order valence-corrected chi connectivity index (χ2v) is 5.96. The van der Waals surface area contributed by atoms with E-state index in [9.17, 15) is 4.39 Å². The molecule has 100 valence electrons. The van der Waals surface area contributed by atoms with Gasteiger partial charge in [0, 0.05) is 11.7 Å². The van der Waals surface area contributed by atoms with E-state index in [1.807, 2.05) is 13.0 Å². The zero-order valence-corrected chi connectivity index (χ0v) is 11.7. The van der Waals surface area contributed by atoms with Crippen molar-refractivity contribution >= 4 is 5.69 Å². The average molecular weight is 249 g/mol. The highest BCUT2D eigenvalue weighted by Gasteiger charge is 2.23. The van der Waals surface area contributed by atoms with E-state index in [-0.39, 0.29) is 5.82 Å². The van der Waals surface area contributed by atoms with E-state index in [1.165, 1.54) is 31.7 Å². The molecule has 18 heavy (non-hydrogen) atoms. The molecule has 2 rings (SSSR count). The van der Waals surface area contributed by atoms with E-state index in [0.29, 0.717) is 6.04 Å². The summed E-state index contributed by atoms with van der Waals surface area (Å²) in [5.74, 6) is 1.51. The normalized spacial score (nSPS) is 24.3. The maximum Gasteiger partial charge on any atom is 0.125 e. The van der Waals surface area contributed by atoms with Crippen molar-refractivity contribution in [2.24, 2.45) is 11.8 Å². The van der Waals surface area contributed by atoms with E-state index in [1.54, 1.807) is 6.07 Å². The van der Waals surface area contributed by atoms with Gasteiger partial charge in [-0.05, 0) is 62.1 Å². The van der Waals surface area contributed by atoms with Crippen LogP contribution in [0.1, 0.15) is 45.1 Å². The highest BCUT2D eigenvalue weighted by atomic mass is 19.1. The van der Waals surface area contributed by atoms with Gasteiger partial charge in [-0.2, -0.15) is 0 Å². The summed E-state index contributed by atoms with van der Waals surface area (Å²) >= 11 is 0. The zero-order chi connectivity index (χ0) is 13.1. The van der Waals surface area contributed by atoms with Crippen LogP contribution in [0, 0.1) is 24.6 Å². The Bertz CT molecular complexity index is 392. The molecule has 0 bridgehead atoms. The minimum atomic E-state index is -0.154. The fourth-order valence-corrected chi connectivity index (χ4v) is 2.90. The van der Waals surface area contributed by atoms with E-state index < -0.39 is 0 Å². The van der Waals surface area contributed by atoms with Gasteiger partial charge in [0.05, 0.1) is 0 Å². The van der Waals surface area contributed by atoms with Gasteiger partial charge in [0.15, 0.2) is 0 Å². The molecule has 1 aliphatic carbocycles. The molecule has 1 aromatic rings. The van der Waals surface area contributed by atoms with Crippen LogP contribution >= 0.6 is 0 Å². The first-order valence-electron chi connectivity index (χ1n) is 7.09. The van der Waals surface area contributed by atoms with Crippen LogP contribution in [0.4, 0.5) is 10.1 Å². The number of anilines is 1. The number of aryl methyl sites for hydroxylation is 1. The standard InChI is InChI=1S/C16H24FN/c1-11(2)13-5-8-15(9-6-13)18-16-10-14(17)7-4-12(16)3/h4,7,10-11,13,15,18H,5-6,8-9H2,1-3H3. The van der Waals surface area contributed by atoms with Crippen molar-refractivity contribution in [2.45, 2.75) is 52.5 Å². The van der Waals surface area contributed by atoms with Crippen LogP contribution in [0.5, 0.6) is 0 Å². The van der Waals surface area contributed by atoms with Gasteiger partial charge in [-0.25, -0.2) is 4.39 Å². The molecule has 1 aromatic carbocycles. The van der Waals surface area contributed by atoms with Gasteiger partial charge in [0.25, 0.3) is 0 Å². The van der Waals surface area contributed by atoms with Gasteiger partial charge in [-0.3, -0.25) is 0 Å². The SMILES string of the molecule is Cc1ccc(F)cc1NC1CCC(C(C)C)CC1. The van der Waals surface area contributed by atoms with Crippen LogP contribution in [-0.4, -0.2) is 6.04 Å². The number of halogens is 1. The van der Waals surface area contributed by atoms with E-state index in [2.05, 4.69) is 19.2 Å². The Morgan fingerprint density at radius 3 is 2.44 bits per heavy atom. The molecule has 1 N–H and O–H groups in total. The van der Waals surface area contributed by atoms with Crippen LogP contribution in [0.2, 0.25) is 0 Å². The fraction of sp³-hybridized carbons (Fsp3) is 0.625. The monoisotopic (exact) mass is 249 g/mol. The largest absolute Gasteiger partial charge is 0.382 e. The molecule has 0 heterocycles. The maximum absolute atomic E-state index is 13.2. The predicted molar refractivity (Wildman–Crippen MR) is 75.3 cm³/mol. The van der Waals surface area contributed by atoms with Crippen molar-refractivity contribution in [1.82, 2.24) is 0 Å². The van der Waals surface area contributed by atoms with Crippen molar-refractivity contribution in [3.8, 4) is 0 Å². The van der Waals surface area contributed by atoms with Gasteiger partial charge in [-0.15, -0.1) is 0 Å². The first kappa shape index (κ1) is 13.4. The quantitative estimate of drug-likeness (QED) is 0.814. The molecule has 0 aromatic heterocycles. The molecule has 2 heteroatoms. The van der Waals surface area contributed by atoms with E-state index in [4.69, 9.17) is 0 Å². The van der Waals surface area contributed by atoms with Crippen LogP contribution in [0.3, 0.4) is 0 Å². The molecule has 1 aliphatic rings. The minimum absolute atomic E-state index is 0.154. The van der Waals surface area contributed by atoms with Gasteiger partial charge in [0.2, 0.25) is 0 Å². The summed E-state index contributed by atoms with van der Waals surface area (Å²) in [6.07, 6.45) is 5.00.